The van der Waals surface area contributed by atoms with Gasteiger partial charge >= 0.3 is 0 Å². The first-order chi connectivity index (χ1) is 10.1. The van der Waals surface area contributed by atoms with Crippen molar-refractivity contribution < 1.29 is 14.8 Å². The molecule has 0 unspecified atom stereocenters. The maximum Gasteiger partial charge on any atom is 0.282 e. The molecule has 0 saturated heterocycles. The Hall–Kier alpha value is -3.22. The van der Waals surface area contributed by atoms with Crippen LogP contribution in [0.4, 0.5) is 5.69 Å². The number of phenolic OH excluding ortho intramolecular Hbond substituents is 1. The van der Waals surface area contributed by atoms with Gasteiger partial charge in [-0.05, 0) is 18.2 Å². The summed E-state index contributed by atoms with van der Waals surface area (Å²) in [5.41, 5.74) is 2.22. The SMILES string of the molecule is O=C(NN=Cc1ccccc1O)c1ccccc1[N+](=O)[O-]. The fraction of sp³-hybridized carbons (Fsp3) is 0. The first-order valence-corrected chi connectivity index (χ1v) is 5.94. The number of nitro groups is 1. The molecule has 0 aliphatic heterocycles. The third kappa shape index (κ3) is 3.41. The lowest BCUT2D eigenvalue weighted by atomic mass is 10.2. The highest BCUT2D eigenvalue weighted by Gasteiger charge is 2.18. The number of phenols is 1. The molecule has 0 heterocycles. The molecule has 2 aromatic carbocycles. The second-order valence-electron chi connectivity index (χ2n) is 4.03. The summed E-state index contributed by atoms with van der Waals surface area (Å²) in [5, 5.41) is 24.0. The minimum atomic E-state index is -0.700. The molecular formula is C14H11N3O4. The van der Waals surface area contributed by atoms with E-state index in [2.05, 4.69) is 10.5 Å². The zero-order valence-corrected chi connectivity index (χ0v) is 10.8. The summed E-state index contributed by atoms with van der Waals surface area (Å²) in [5.74, 6) is -0.685. The van der Waals surface area contributed by atoms with Gasteiger partial charge < -0.3 is 5.11 Å². The van der Waals surface area contributed by atoms with E-state index in [4.69, 9.17) is 0 Å². The third-order valence-electron chi connectivity index (χ3n) is 2.65. The van der Waals surface area contributed by atoms with Gasteiger partial charge in [0.25, 0.3) is 11.6 Å². The predicted octanol–water partition coefficient (Wildman–Crippen LogP) is 2.06. The van der Waals surface area contributed by atoms with Crippen molar-refractivity contribution in [2.24, 2.45) is 5.10 Å². The van der Waals surface area contributed by atoms with Gasteiger partial charge in [-0.2, -0.15) is 5.10 Å². The monoisotopic (exact) mass is 285 g/mol. The first-order valence-electron chi connectivity index (χ1n) is 5.94. The highest BCUT2D eigenvalue weighted by Crippen LogP contribution is 2.17. The average Bonchev–Trinajstić information content (AvgIpc) is 2.49. The standard InChI is InChI=1S/C14H11N3O4/c18-13-8-4-1-5-10(13)9-15-16-14(19)11-6-2-3-7-12(11)17(20)21/h1-9,18H,(H,16,19). The number of nitrogens with one attached hydrogen (secondary N) is 1. The van der Waals surface area contributed by atoms with Crippen molar-refractivity contribution in [1.29, 1.82) is 0 Å². The smallest absolute Gasteiger partial charge is 0.282 e. The molecule has 0 aliphatic carbocycles. The number of hydrogen-bond acceptors (Lipinski definition) is 5. The number of hydrazone groups is 1. The largest absolute Gasteiger partial charge is 0.507 e. The van der Waals surface area contributed by atoms with E-state index in [0.717, 1.165) is 0 Å². The zero-order chi connectivity index (χ0) is 15.2. The normalized spacial score (nSPS) is 10.5. The Morgan fingerprint density at radius 3 is 2.57 bits per heavy atom. The van der Waals surface area contributed by atoms with E-state index < -0.39 is 10.8 Å². The van der Waals surface area contributed by atoms with Crippen LogP contribution >= 0.6 is 0 Å². The molecule has 2 aromatic rings. The number of benzene rings is 2. The van der Waals surface area contributed by atoms with E-state index in [1.807, 2.05) is 0 Å². The Kier molecular flexibility index (Phi) is 4.25. The van der Waals surface area contributed by atoms with Crippen LogP contribution in [-0.2, 0) is 0 Å². The number of nitro benzene ring substituents is 1. The fourth-order valence-corrected chi connectivity index (χ4v) is 1.64. The number of aromatic hydroxyl groups is 1. The van der Waals surface area contributed by atoms with Gasteiger partial charge in [-0.3, -0.25) is 14.9 Å². The molecule has 0 spiro atoms. The van der Waals surface area contributed by atoms with Crippen molar-refractivity contribution in [2.75, 3.05) is 0 Å². The Bertz CT molecular complexity index is 713. The van der Waals surface area contributed by atoms with Crippen LogP contribution < -0.4 is 5.43 Å². The second kappa shape index (κ2) is 6.29. The van der Waals surface area contributed by atoms with Gasteiger partial charge in [-0.15, -0.1) is 0 Å². The van der Waals surface area contributed by atoms with Gasteiger partial charge in [0.15, 0.2) is 0 Å². The highest BCUT2D eigenvalue weighted by molar-refractivity contribution is 5.98. The second-order valence-corrected chi connectivity index (χ2v) is 4.03. The molecule has 7 nitrogen and oxygen atoms in total. The van der Waals surface area contributed by atoms with Crippen molar-refractivity contribution in [1.82, 2.24) is 5.43 Å². The first kappa shape index (κ1) is 14.2. The van der Waals surface area contributed by atoms with Crippen LogP contribution in [0.3, 0.4) is 0 Å². The Morgan fingerprint density at radius 1 is 1.19 bits per heavy atom. The van der Waals surface area contributed by atoms with Gasteiger partial charge in [-0.25, -0.2) is 5.43 Å². The molecule has 0 aromatic heterocycles. The van der Waals surface area contributed by atoms with Crippen molar-refractivity contribution in [3.63, 3.8) is 0 Å². The molecule has 106 valence electrons. The van der Waals surface area contributed by atoms with Gasteiger partial charge in [0.1, 0.15) is 11.3 Å². The van der Waals surface area contributed by atoms with Crippen LogP contribution in [0.15, 0.2) is 53.6 Å². The topological polar surface area (TPSA) is 105 Å². The number of nitrogens with zero attached hydrogens (tertiary/aromatic N) is 2. The number of hydrogen-bond donors (Lipinski definition) is 2. The molecule has 21 heavy (non-hydrogen) atoms. The van der Waals surface area contributed by atoms with E-state index in [1.54, 1.807) is 18.2 Å². The molecule has 0 bridgehead atoms. The summed E-state index contributed by atoms with van der Waals surface area (Å²) < 4.78 is 0. The lowest BCUT2D eigenvalue weighted by molar-refractivity contribution is -0.385. The van der Waals surface area contributed by atoms with E-state index in [1.165, 1.54) is 36.5 Å². The molecule has 0 atom stereocenters. The van der Waals surface area contributed by atoms with Gasteiger partial charge in [-0.1, -0.05) is 24.3 Å². The Labute approximate surface area is 119 Å². The number of carbonyl (C=O) groups excluding carboxylic acids is 1. The minimum absolute atomic E-state index is 0.0150. The van der Waals surface area contributed by atoms with Crippen LogP contribution in [0.2, 0.25) is 0 Å². The summed E-state index contributed by atoms with van der Waals surface area (Å²) in [6.07, 6.45) is 1.25. The maximum absolute atomic E-state index is 11.9. The number of rotatable bonds is 4. The fourth-order valence-electron chi connectivity index (χ4n) is 1.64. The Balaban J connectivity index is 2.13. The molecule has 2 N–H and O–H groups in total. The molecule has 0 radical (unpaired) electrons. The lowest BCUT2D eigenvalue weighted by Crippen LogP contribution is -2.18. The van der Waals surface area contributed by atoms with Crippen LogP contribution in [0, 0.1) is 10.1 Å². The quantitative estimate of drug-likeness (QED) is 0.509. The lowest BCUT2D eigenvalue weighted by Gasteiger charge is -2.01. The summed E-state index contributed by atoms with van der Waals surface area (Å²) in [4.78, 5) is 22.0. The molecule has 7 heteroatoms. The van der Waals surface area contributed by atoms with Crippen molar-refractivity contribution in [3.8, 4) is 5.75 Å². The molecule has 0 aliphatic rings. The molecular weight excluding hydrogens is 274 g/mol. The van der Waals surface area contributed by atoms with Crippen LogP contribution in [-0.4, -0.2) is 22.2 Å². The number of para-hydroxylation sites is 2. The van der Waals surface area contributed by atoms with E-state index in [9.17, 15) is 20.0 Å². The van der Waals surface area contributed by atoms with Crippen LogP contribution in [0.5, 0.6) is 5.75 Å². The molecule has 0 saturated carbocycles. The maximum atomic E-state index is 11.9. The Morgan fingerprint density at radius 2 is 1.86 bits per heavy atom. The summed E-state index contributed by atoms with van der Waals surface area (Å²) >= 11 is 0. The zero-order valence-electron chi connectivity index (χ0n) is 10.8. The van der Waals surface area contributed by atoms with Crippen LogP contribution in [0.25, 0.3) is 0 Å². The highest BCUT2D eigenvalue weighted by atomic mass is 16.6. The molecule has 2 rings (SSSR count). The minimum Gasteiger partial charge on any atom is -0.507 e. The van der Waals surface area contributed by atoms with Gasteiger partial charge in [0.05, 0.1) is 11.1 Å². The summed E-state index contributed by atoms with van der Waals surface area (Å²) in [7, 11) is 0. The number of amides is 1. The van der Waals surface area contributed by atoms with E-state index >= 15 is 0 Å². The molecule has 0 fully saturated rings. The average molecular weight is 285 g/mol. The predicted molar refractivity (Wildman–Crippen MR) is 76.3 cm³/mol. The molecule has 1 amide bonds. The third-order valence-corrected chi connectivity index (χ3v) is 2.65. The van der Waals surface area contributed by atoms with Crippen LogP contribution in [0.1, 0.15) is 15.9 Å². The summed E-state index contributed by atoms with van der Waals surface area (Å²) in [6.45, 7) is 0. The van der Waals surface area contributed by atoms with Crippen molar-refractivity contribution in [3.05, 3.63) is 69.8 Å². The number of carbonyl (C=O) groups is 1. The van der Waals surface area contributed by atoms with Gasteiger partial charge in [0.2, 0.25) is 0 Å². The van der Waals surface area contributed by atoms with E-state index in [0.29, 0.717) is 5.56 Å². The summed E-state index contributed by atoms with van der Waals surface area (Å²) in [6, 6.07) is 12.0. The van der Waals surface area contributed by atoms with Crippen molar-refractivity contribution >= 4 is 17.8 Å². The van der Waals surface area contributed by atoms with E-state index in [-0.39, 0.29) is 17.0 Å². The van der Waals surface area contributed by atoms with Gasteiger partial charge in [0, 0.05) is 11.6 Å². The van der Waals surface area contributed by atoms with Crippen molar-refractivity contribution in [2.45, 2.75) is 0 Å².